The summed E-state index contributed by atoms with van der Waals surface area (Å²) in [6, 6.07) is 0.438. The highest BCUT2D eigenvalue weighted by Crippen LogP contribution is 2.39. The van der Waals surface area contributed by atoms with Crippen molar-refractivity contribution in [3.05, 3.63) is 0 Å². The SMILES string of the molecule is CC1(C)CCN(CC2CC(C)(C)CCC2N)CC1. The molecule has 0 aromatic rings. The summed E-state index contributed by atoms with van der Waals surface area (Å²) in [7, 11) is 0. The predicted molar refractivity (Wildman–Crippen MR) is 78.6 cm³/mol. The second-order valence-corrected chi connectivity index (χ2v) is 8.30. The first kappa shape index (κ1) is 14.3. The average molecular weight is 252 g/mol. The fraction of sp³-hybridized carbons (Fsp3) is 1.00. The van der Waals surface area contributed by atoms with E-state index in [-0.39, 0.29) is 0 Å². The minimum atomic E-state index is 0.438. The second kappa shape index (κ2) is 5.13. The number of piperidine rings is 1. The van der Waals surface area contributed by atoms with E-state index in [1.54, 1.807) is 0 Å². The lowest BCUT2D eigenvalue weighted by atomic mass is 9.70. The molecule has 1 aliphatic carbocycles. The van der Waals surface area contributed by atoms with Gasteiger partial charge in [-0.1, -0.05) is 27.7 Å². The topological polar surface area (TPSA) is 29.3 Å². The van der Waals surface area contributed by atoms with Gasteiger partial charge in [-0.3, -0.25) is 0 Å². The van der Waals surface area contributed by atoms with Crippen LogP contribution in [-0.2, 0) is 0 Å². The molecule has 2 unspecified atom stereocenters. The summed E-state index contributed by atoms with van der Waals surface area (Å²) in [5.74, 6) is 0.718. The van der Waals surface area contributed by atoms with Gasteiger partial charge in [0.05, 0.1) is 0 Å². The maximum absolute atomic E-state index is 6.34. The molecule has 2 N–H and O–H groups in total. The number of nitrogens with zero attached hydrogens (tertiary/aromatic N) is 1. The van der Waals surface area contributed by atoms with E-state index in [0.29, 0.717) is 16.9 Å². The van der Waals surface area contributed by atoms with Crippen LogP contribution in [0.3, 0.4) is 0 Å². The summed E-state index contributed by atoms with van der Waals surface area (Å²) in [6.07, 6.45) is 6.53. The lowest BCUT2D eigenvalue weighted by Gasteiger charge is -2.44. The summed E-state index contributed by atoms with van der Waals surface area (Å²) in [5.41, 5.74) is 7.41. The summed E-state index contributed by atoms with van der Waals surface area (Å²) in [4.78, 5) is 2.66. The van der Waals surface area contributed by atoms with E-state index < -0.39 is 0 Å². The Bertz CT molecular complexity index is 273. The molecule has 0 aromatic carbocycles. The Labute approximate surface area is 113 Å². The van der Waals surface area contributed by atoms with Gasteiger partial charge in [-0.25, -0.2) is 0 Å². The first-order chi connectivity index (χ1) is 8.27. The number of hydrogen-bond acceptors (Lipinski definition) is 2. The molecular weight excluding hydrogens is 220 g/mol. The van der Waals surface area contributed by atoms with Gasteiger partial charge in [0.1, 0.15) is 0 Å². The van der Waals surface area contributed by atoms with E-state index in [9.17, 15) is 0 Å². The summed E-state index contributed by atoms with van der Waals surface area (Å²) in [6.45, 7) is 13.4. The first-order valence-corrected chi connectivity index (χ1v) is 7.75. The van der Waals surface area contributed by atoms with Crippen molar-refractivity contribution in [2.75, 3.05) is 19.6 Å². The minimum absolute atomic E-state index is 0.438. The fourth-order valence-electron chi connectivity index (χ4n) is 3.63. The zero-order chi connectivity index (χ0) is 13.4. The molecule has 1 aliphatic heterocycles. The van der Waals surface area contributed by atoms with Crippen molar-refractivity contribution in [3.63, 3.8) is 0 Å². The minimum Gasteiger partial charge on any atom is -0.327 e. The van der Waals surface area contributed by atoms with Crippen LogP contribution in [0.2, 0.25) is 0 Å². The normalized spacial score (nSPS) is 36.5. The Morgan fingerprint density at radius 3 is 2.22 bits per heavy atom. The number of nitrogens with two attached hydrogens (primary N) is 1. The van der Waals surface area contributed by atoms with Gasteiger partial charge >= 0.3 is 0 Å². The van der Waals surface area contributed by atoms with Crippen LogP contribution in [0.25, 0.3) is 0 Å². The third-order valence-electron chi connectivity index (χ3n) is 5.28. The fourth-order valence-corrected chi connectivity index (χ4v) is 3.63. The van der Waals surface area contributed by atoms with E-state index in [2.05, 4.69) is 32.6 Å². The van der Waals surface area contributed by atoms with Gasteiger partial charge < -0.3 is 10.6 Å². The van der Waals surface area contributed by atoms with E-state index in [0.717, 1.165) is 5.92 Å². The maximum Gasteiger partial charge on any atom is 0.00797 e. The molecule has 0 radical (unpaired) electrons. The average Bonchev–Trinajstić information content (AvgIpc) is 2.26. The zero-order valence-corrected chi connectivity index (χ0v) is 12.8. The Hall–Kier alpha value is -0.0800. The monoisotopic (exact) mass is 252 g/mol. The largest absolute Gasteiger partial charge is 0.327 e. The van der Waals surface area contributed by atoms with E-state index in [1.807, 2.05) is 0 Å². The highest BCUT2D eigenvalue weighted by atomic mass is 15.1. The molecule has 2 nitrogen and oxygen atoms in total. The van der Waals surface area contributed by atoms with Crippen molar-refractivity contribution >= 4 is 0 Å². The van der Waals surface area contributed by atoms with Gasteiger partial charge in [-0.2, -0.15) is 0 Å². The summed E-state index contributed by atoms with van der Waals surface area (Å²) in [5, 5.41) is 0. The quantitative estimate of drug-likeness (QED) is 0.817. The lowest BCUT2D eigenvalue weighted by molar-refractivity contribution is 0.0767. The van der Waals surface area contributed by atoms with Crippen LogP contribution in [-0.4, -0.2) is 30.6 Å². The maximum atomic E-state index is 6.34. The molecular formula is C16H32N2. The molecule has 106 valence electrons. The van der Waals surface area contributed by atoms with Crippen LogP contribution in [0.5, 0.6) is 0 Å². The van der Waals surface area contributed by atoms with Gasteiger partial charge in [0.15, 0.2) is 0 Å². The van der Waals surface area contributed by atoms with Crippen LogP contribution in [0.1, 0.15) is 59.8 Å². The summed E-state index contributed by atoms with van der Waals surface area (Å²) >= 11 is 0. The molecule has 0 spiro atoms. The van der Waals surface area contributed by atoms with Crippen LogP contribution in [0.4, 0.5) is 0 Å². The molecule has 2 rings (SSSR count). The Kier molecular flexibility index (Phi) is 4.08. The molecule has 2 heteroatoms. The van der Waals surface area contributed by atoms with Crippen molar-refractivity contribution in [1.29, 1.82) is 0 Å². The van der Waals surface area contributed by atoms with Gasteiger partial charge in [-0.05, 0) is 61.9 Å². The number of rotatable bonds is 2. The first-order valence-electron chi connectivity index (χ1n) is 7.75. The van der Waals surface area contributed by atoms with Crippen LogP contribution in [0.15, 0.2) is 0 Å². The van der Waals surface area contributed by atoms with Crippen molar-refractivity contribution in [2.24, 2.45) is 22.5 Å². The molecule has 1 heterocycles. The molecule has 2 atom stereocenters. The molecule has 2 fully saturated rings. The van der Waals surface area contributed by atoms with E-state index in [1.165, 1.54) is 51.7 Å². The molecule has 1 saturated heterocycles. The molecule has 2 aliphatic rings. The molecule has 0 aromatic heterocycles. The highest BCUT2D eigenvalue weighted by Gasteiger charge is 2.35. The second-order valence-electron chi connectivity index (χ2n) is 8.30. The highest BCUT2D eigenvalue weighted by molar-refractivity contribution is 4.89. The van der Waals surface area contributed by atoms with Gasteiger partial charge in [0.2, 0.25) is 0 Å². The van der Waals surface area contributed by atoms with Crippen molar-refractivity contribution in [1.82, 2.24) is 4.90 Å². The molecule has 18 heavy (non-hydrogen) atoms. The van der Waals surface area contributed by atoms with Crippen molar-refractivity contribution < 1.29 is 0 Å². The Morgan fingerprint density at radius 1 is 1.00 bits per heavy atom. The van der Waals surface area contributed by atoms with Crippen molar-refractivity contribution in [3.8, 4) is 0 Å². The predicted octanol–water partition coefficient (Wildman–Crippen LogP) is 3.26. The molecule has 1 saturated carbocycles. The lowest BCUT2D eigenvalue weighted by Crippen LogP contribution is -2.47. The standard InChI is InChI=1S/C16H32N2/c1-15(2)7-9-18(10-8-15)12-13-11-16(3,4)6-5-14(13)17/h13-14H,5-12,17H2,1-4H3. The van der Waals surface area contributed by atoms with E-state index >= 15 is 0 Å². The number of likely N-dealkylation sites (tertiary alicyclic amines) is 1. The van der Waals surface area contributed by atoms with Crippen molar-refractivity contribution in [2.45, 2.75) is 65.8 Å². The number of hydrogen-bond donors (Lipinski definition) is 1. The van der Waals surface area contributed by atoms with Crippen LogP contribution in [0, 0.1) is 16.7 Å². The van der Waals surface area contributed by atoms with Gasteiger partial charge in [-0.15, -0.1) is 0 Å². The molecule has 0 bridgehead atoms. The third kappa shape index (κ3) is 3.71. The molecule has 0 amide bonds. The smallest absolute Gasteiger partial charge is 0.00797 e. The van der Waals surface area contributed by atoms with Gasteiger partial charge in [0.25, 0.3) is 0 Å². The van der Waals surface area contributed by atoms with Crippen LogP contribution >= 0.6 is 0 Å². The zero-order valence-electron chi connectivity index (χ0n) is 12.8. The summed E-state index contributed by atoms with van der Waals surface area (Å²) < 4.78 is 0. The Balaban J connectivity index is 1.85. The van der Waals surface area contributed by atoms with E-state index in [4.69, 9.17) is 5.73 Å². The third-order valence-corrected chi connectivity index (χ3v) is 5.28. The van der Waals surface area contributed by atoms with Crippen LogP contribution < -0.4 is 5.73 Å². The van der Waals surface area contributed by atoms with Gasteiger partial charge in [0, 0.05) is 12.6 Å². The Morgan fingerprint density at radius 2 is 1.61 bits per heavy atom.